The zero-order valence-corrected chi connectivity index (χ0v) is 12.9. The number of carbonyl (C=O) groups excluding carboxylic acids is 1. The Hall–Kier alpha value is -3.30. The maximum Gasteiger partial charge on any atom is 0.305 e. The van der Waals surface area contributed by atoms with E-state index in [1.54, 1.807) is 26.2 Å². The fourth-order valence-electron chi connectivity index (χ4n) is 2.46. The van der Waals surface area contributed by atoms with Crippen LogP contribution in [-0.2, 0) is 16.1 Å². The molecule has 10 heteroatoms. The molecule has 24 heavy (non-hydrogen) atoms. The standard InChI is InChI=1S/C14H14N8O2/c1-24-12(23)3-2-6-20-9-11(17-19-20)10-7-21-14-13(15-4-5-16-14)18-22(21)8-10/h4-5,7-9H,2-3,6H2,1H3. The first-order valence-electron chi connectivity index (χ1n) is 7.39. The maximum atomic E-state index is 11.1. The summed E-state index contributed by atoms with van der Waals surface area (Å²) in [5, 5.41) is 12.6. The van der Waals surface area contributed by atoms with Crippen LogP contribution in [0.1, 0.15) is 12.8 Å². The Labute approximate surface area is 135 Å². The fourth-order valence-corrected chi connectivity index (χ4v) is 2.46. The lowest BCUT2D eigenvalue weighted by Gasteiger charge is -2.00. The molecule has 0 aliphatic carbocycles. The highest BCUT2D eigenvalue weighted by molar-refractivity contribution is 5.69. The highest BCUT2D eigenvalue weighted by Crippen LogP contribution is 2.13. The number of aromatic nitrogens is 8. The number of esters is 1. The molecular weight excluding hydrogens is 312 g/mol. The van der Waals surface area contributed by atoms with Crippen LogP contribution < -0.4 is 19.6 Å². The van der Waals surface area contributed by atoms with Crippen molar-refractivity contribution in [1.29, 1.82) is 0 Å². The molecule has 0 fully saturated rings. The Morgan fingerprint density at radius 2 is 2.21 bits per heavy atom. The van der Waals surface area contributed by atoms with Crippen LogP contribution in [0.2, 0.25) is 0 Å². The van der Waals surface area contributed by atoms with Crippen molar-refractivity contribution in [2.75, 3.05) is 7.11 Å². The van der Waals surface area contributed by atoms with Crippen molar-refractivity contribution in [2.24, 2.45) is 0 Å². The van der Waals surface area contributed by atoms with Crippen LogP contribution in [0, 0.1) is 0 Å². The summed E-state index contributed by atoms with van der Waals surface area (Å²) in [7, 11) is 1.38. The van der Waals surface area contributed by atoms with Crippen LogP contribution in [0.15, 0.2) is 31.0 Å². The average Bonchev–Trinajstić information content (AvgIpc) is 3.28. The summed E-state index contributed by atoms with van der Waals surface area (Å²) in [5.41, 5.74) is 2.85. The lowest BCUT2D eigenvalue weighted by molar-refractivity contribution is -0.758. The number of methoxy groups -OCH3 is 1. The molecular formula is C14H14N8O2. The number of fused-ring (bicyclic) bond motifs is 3. The van der Waals surface area contributed by atoms with Gasteiger partial charge in [0.05, 0.1) is 13.7 Å². The number of carbonyl (C=O) groups is 1. The van der Waals surface area contributed by atoms with Gasteiger partial charge in [-0.15, -0.1) is 10.2 Å². The summed E-state index contributed by atoms with van der Waals surface area (Å²) >= 11 is 0. The van der Waals surface area contributed by atoms with Crippen molar-refractivity contribution in [1.82, 2.24) is 29.9 Å². The Balaban J connectivity index is 1.55. The molecule has 4 aromatic rings. The van der Waals surface area contributed by atoms with Gasteiger partial charge in [0.2, 0.25) is 11.9 Å². The molecule has 0 atom stereocenters. The predicted molar refractivity (Wildman–Crippen MR) is 77.5 cm³/mol. The molecule has 0 spiro atoms. The van der Waals surface area contributed by atoms with Crippen LogP contribution in [0.4, 0.5) is 0 Å². The van der Waals surface area contributed by atoms with Crippen LogP contribution >= 0.6 is 0 Å². The highest BCUT2D eigenvalue weighted by atomic mass is 16.5. The normalized spacial score (nSPS) is 11.4. The first kappa shape index (κ1) is 14.3. The lowest BCUT2D eigenvalue weighted by atomic mass is 10.3. The molecule has 10 nitrogen and oxygen atoms in total. The van der Waals surface area contributed by atoms with Crippen LogP contribution in [0.25, 0.3) is 22.6 Å². The topological polar surface area (TPSA) is 106 Å². The SMILES string of the molecule is COC(=O)CCC[n+]1cc(-c2cn3c4nccnc4[n-][n+]3c2)n[n-]1. The third kappa shape index (κ3) is 2.47. The smallest absolute Gasteiger partial charge is 0.305 e. The minimum absolute atomic E-state index is 0.225. The fraction of sp³-hybridized carbons (Fsp3) is 0.286. The van der Waals surface area contributed by atoms with E-state index in [9.17, 15) is 4.79 Å². The molecule has 0 saturated heterocycles. The van der Waals surface area contributed by atoms with Gasteiger partial charge in [0.25, 0.3) is 0 Å². The van der Waals surface area contributed by atoms with Gasteiger partial charge >= 0.3 is 5.97 Å². The summed E-state index contributed by atoms with van der Waals surface area (Å²) < 4.78 is 9.78. The van der Waals surface area contributed by atoms with Crippen molar-refractivity contribution in [2.45, 2.75) is 19.4 Å². The van der Waals surface area contributed by atoms with E-state index in [2.05, 4.69) is 30.1 Å². The third-order valence-corrected chi connectivity index (χ3v) is 3.64. The Bertz CT molecular complexity index is 1010. The van der Waals surface area contributed by atoms with Crippen molar-refractivity contribution < 1.29 is 18.8 Å². The summed E-state index contributed by atoms with van der Waals surface area (Å²) in [5.74, 6) is -0.225. The molecule has 4 aromatic heterocycles. The summed E-state index contributed by atoms with van der Waals surface area (Å²) in [6.45, 7) is 0.599. The average molecular weight is 326 g/mol. The van der Waals surface area contributed by atoms with Gasteiger partial charge in [-0.25, -0.2) is 4.98 Å². The zero-order valence-electron chi connectivity index (χ0n) is 12.9. The second-order valence-electron chi connectivity index (χ2n) is 5.23. The van der Waals surface area contributed by atoms with E-state index in [-0.39, 0.29) is 5.97 Å². The van der Waals surface area contributed by atoms with Gasteiger partial charge in [-0.05, 0) is 12.6 Å². The van der Waals surface area contributed by atoms with E-state index < -0.39 is 0 Å². The van der Waals surface area contributed by atoms with E-state index in [1.165, 1.54) is 7.11 Å². The highest BCUT2D eigenvalue weighted by Gasteiger charge is 2.15. The molecule has 0 unspecified atom stereocenters. The minimum atomic E-state index is -0.225. The number of aryl methyl sites for hydroxylation is 1. The van der Waals surface area contributed by atoms with Gasteiger partial charge in [0, 0.05) is 18.8 Å². The Morgan fingerprint density at radius 1 is 1.33 bits per heavy atom. The van der Waals surface area contributed by atoms with Gasteiger partial charge in [-0.3, -0.25) is 4.79 Å². The monoisotopic (exact) mass is 326 g/mol. The molecule has 4 heterocycles. The zero-order chi connectivity index (χ0) is 16.5. The second-order valence-corrected chi connectivity index (χ2v) is 5.23. The number of ether oxygens (including phenoxy) is 1. The van der Waals surface area contributed by atoms with E-state index >= 15 is 0 Å². The van der Waals surface area contributed by atoms with Crippen LogP contribution in [-0.4, -0.2) is 32.7 Å². The van der Waals surface area contributed by atoms with Gasteiger partial charge in [-0.2, -0.15) is 4.52 Å². The van der Waals surface area contributed by atoms with Crippen molar-refractivity contribution in [3.63, 3.8) is 0 Å². The van der Waals surface area contributed by atoms with Crippen LogP contribution in [0.5, 0.6) is 0 Å². The molecule has 0 aliphatic rings. The molecule has 0 radical (unpaired) electrons. The Morgan fingerprint density at radius 3 is 3.08 bits per heavy atom. The predicted octanol–water partition coefficient (Wildman–Crippen LogP) is -1.31. The quantitative estimate of drug-likeness (QED) is 0.331. The first-order valence-corrected chi connectivity index (χ1v) is 7.39. The van der Waals surface area contributed by atoms with Crippen LogP contribution in [0.3, 0.4) is 0 Å². The van der Waals surface area contributed by atoms with Crippen molar-refractivity contribution in [3.8, 4) is 11.3 Å². The van der Waals surface area contributed by atoms with Crippen molar-refractivity contribution in [3.05, 3.63) is 31.0 Å². The van der Waals surface area contributed by atoms with E-state index in [0.29, 0.717) is 30.7 Å². The third-order valence-electron chi connectivity index (χ3n) is 3.64. The molecule has 122 valence electrons. The second kappa shape index (κ2) is 5.72. The maximum absolute atomic E-state index is 11.1. The molecule has 0 amide bonds. The van der Waals surface area contributed by atoms with Gasteiger partial charge in [0.15, 0.2) is 5.65 Å². The molecule has 0 aliphatic heterocycles. The molecule has 4 rings (SSSR count). The van der Waals surface area contributed by atoms with E-state index in [0.717, 1.165) is 11.3 Å². The van der Waals surface area contributed by atoms with Gasteiger partial charge in [-0.1, -0.05) is 4.63 Å². The van der Waals surface area contributed by atoms with Crippen molar-refractivity contribution >= 4 is 17.3 Å². The summed E-state index contributed by atoms with van der Waals surface area (Å²) in [4.78, 5) is 19.6. The molecule has 0 bridgehead atoms. The number of hydrogen-bond acceptors (Lipinski definition) is 5. The molecule has 0 N–H and O–H groups in total. The Kier molecular flexibility index (Phi) is 3.41. The number of rotatable bonds is 5. The van der Waals surface area contributed by atoms with E-state index in [4.69, 9.17) is 0 Å². The van der Waals surface area contributed by atoms with Gasteiger partial charge < -0.3 is 19.6 Å². The largest absolute Gasteiger partial charge is 0.469 e. The van der Waals surface area contributed by atoms with Gasteiger partial charge in [0.1, 0.15) is 17.4 Å². The summed E-state index contributed by atoms with van der Waals surface area (Å²) in [6, 6.07) is 0. The number of nitrogens with zero attached hydrogens (tertiary/aromatic N) is 8. The molecule has 0 aromatic carbocycles. The number of hydrogen-bond donors (Lipinski definition) is 0. The molecule has 0 saturated carbocycles. The van der Waals surface area contributed by atoms with E-state index in [1.807, 2.05) is 18.6 Å². The first-order chi connectivity index (χ1) is 11.7. The minimum Gasteiger partial charge on any atom is -0.469 e. The lowest BCUT2D eigenvalue weighted by Crippen LogP contribution is -2.37. The summed E-state index contributed by atoms with van der Waals surface area (Å²) in [6.07, 6.45) is 9.79.